The lowest BCUT2D eigenvalue weighted by atomic mass is 9.96. The summed E-state index contributed by atoms with van der Waals surface area (Å²) in [4.78, 5) is 28.8. The maximum absolute atomic E-state index is 13.7. The van der Waals surface area contributed by atoms with Crippen molar-refractivity contribution < 1.29 is 31.8 Å². The molecule has 2 unspecified atom stereocenters. The number of rotatable bonds is 5. The van der Waals surface area contributed by atoms with Crippen LogP contribution in [0.15, 0.2) is 39.5 Å². The summed E-state index contributed by atoms with van der Waals surface area (Å²) in [6.07, 6.45) is 0.253. The van der Waals surface area contributed by atoms with Crippen molar-refractivity contribution in [2.75, 3.05) is 32.8 Å². The Hall–Kier alpha value is -3.24. The highest BCUT2D eigenvalue weighted by atomic mass is 35.5. The number of carbonyl (C=O) groups is 1. The highest BCUT2D eigenvalue weighted by Gasteiger charge is 2.48. The summed E-state index contributed by atoms with van der Waals surface area (Å²) in [5, 5.41) is 0.569. The summed E-state index contributed by atoms with van der Waals surface area (Å²) in [5.74, 6) is 0.0922. The van der Waals surface area contributed by atoms with Gasteiger partial charge in [-0.3, -0.25) is 9.59 Å². The van der Waals surface area contributed by atoms with Gasteiger partial charge in [0.05, 0.1) is 49.8 Å². The molecule has 1 aromatic heterocycles. The Morgan fingerprint density at radius 2 is 1.71 bits per heavy atom. The Bertz CT molecular complexity index is 1510. The van der Waals surface area contributed by atoms with Gasteiger partial charge in [0.2, 0.25) is 11.5 Å². The maximum Gasteiger partial charge on any atom is 0.291 e. The summed E-state index contributed by atoms with van der Waals surface area (Å²) >= 11 is 6.13. The fourth-order valence-corrected chi connectivity index (χ4v) is 6.80. The molecule has 2 aliphatic rings. The Morgan fingerprint density at radius 3 is 2.29 bits per heavy atom. The Morgan fingerprint density at radius 1 is 1.03 bits per heavy atom. The van der Waals surface area contributed by atoms with Crippen molar-refractivity contribution in [3.8, 4) is 17.2 Å². The zero-order valence-electron chi connectivity index (χ0n) is 19.2. The van der Waals surface area contributed by atoms with E-state index in [4.69, 9.17) is 30.2 Å². The van der Waals surface area contributed by atoms with Crippen LogP contribution in [-0.4, -0.2) is 58.1 Å². The molecule has 0 bridgehead atoms. The average molecular weight is 520 g/mol. The van der Waals surface area contributed by atoms with Gasteiger partial charge in [-0.25, -0.2) is 8.42 Å². The van der Waals surface area contributed by atoms with Gasteiger partial charge < -0.3 is 23.5 Å². The first kappa shape index (κ1) is 23.5. The lowest BCUT2D eigenvalue weighted by Crippen LogP contribution is -2.40. The average Bonchev–Trinajstić information content (AvgIpc) is 3.34. The van der Waals surface area contributed by atoms with Crippen molar-refractivity contribution in [1.82, 2.24) is 4.90 Å². The van der Waals surface area contributed by atoms with Crippen LogP contribution >= 0.6 is 11.6 Å². The van der Waals surface area contributed by atoms with Crippen molar-refractivity contribution in [1.29, 1.82) is 0 Å². The molecule has 0 radical (unpaired) electrons. The number of amides is 1. The van der Waals surface area contributed by atoms with E-state index in [-0.39, 0.29) is 40.2 Å². The first-order valence-electron chi connectivity index (χ1n) is 10.8. The van der Waals surface area contributed by atoms with Gasteiger partial charge in [-0.1, -0.05) is 11.6 Å². The van der Waals surface area contributed by atoms with E-state index >= 15 is 0 Å². The number of benzene rings is 2. The minimum absolute atomic E-state index is 0.0429. The Balaban J connectivity index is 1.80. The fraction of sp³-hybridized carbons (Fsp3) is 0.333. The smallest absolute Gasteiger partial charge is 0.291 e. The molecule has 9 nitrogen and oxygen atoms in total. The molecular weight excluding hydrogens is 498 g/mol. The predicted molar refractivity (Wildman–Crippen MR) is 129 cm³/mol. The van der Waals surface area contributed by atoms with Crippen LogP contribution in [0, 0.1) is 0 Å². The van der Waals surface area contributed by atoms with Crippen molar-refractivity contribution in [3.63, 3.8) is 0 Å². The SMILES string of the molecule is COc1cc(C2c3c(oc4ccc(Cl)cc4c3=O)C(=O)N2C2CCS(=O)(=O)C2)cc(OC)c1OC. The van der Waals surface area contributed by atoms with Crippen molar-refractivity contribution in [3.05, 3.63) is 62.5 Å². The number of methoxy groups -OCH3 is 3. The molecule has 2 aromatic carbocycles. The van der Waals surface area contributed by atoms with Crippen LogP contribution in [0.3, 0.4) is 0 Å². The normalized spacial score (nSPS) is 20.8. The molecule has 5 rings (SSSR count). The fourth-order valence-electron chi connectivity index (χ4n) is 4.92. The number of ether oxygens (including phenoxy) is 3. The summed E-state index contributed by atoms with van der Waals surface area (Å²) in [7, 11) is 1.05. The zero-order valence-corrected chi connectivity index (χ0v) is 20.7. The monoisotopic (exact) mass is 519 g/mol. The first-order valence-corrected chi connectivity index (χ1v) is 13.0. The van der Waals surface area contributed by atoms with Gasteiger partial charge in [0.25, 0.3) is 5.91 Å². The van der Waals surface area contributed by atoms with Crippen LogP contribution < -0.4 is 19.6 Å². The number of fused-ring (bicyclic) bond motifs is 2. The second-order valence-corrected chi connectivity index (χ2v) is 11.1. The van der Waals surface area contributed by atoms with Gasteiger partial charge in [-0.15, -0.1) is 0 Å². The molecule has 1 fully saturated rings. The molecule has 184 valence electrons. The number of sulfone groups is 1. The molecule has 2 aliphatic heterocycles. The van der Waals surface area contributed by atoms with Gasteiger partial charge >= 0.3 is 0 Å². The number of hydrogen-bond acceptors (Lipinski definition) is 8. The standard InChI is InChI=1S/C24H22ClNO8S/c1-31-17-8-12(9-18(32-2)22(17)33-3)20-19-21(27)15-10-13(25)4-5-16(15)34-23(19)24(28)26(20)14-6-7-35(29,30)11-14/h4-5,8-10,14,20H,6-7,11H2,1-3H3. The Kier molecular flexibility index (Phi) is 5.68. The molecule has 3 aromatic rings. The predicted octanol–water partition coefficient (Wildman–Crippen LogP) is 3.20. The van der Waals surface area contributed by atoms with Gasteiger partial charge in [0.1, 0.15) is 5.58 Å². The van der Waals surface area contributed by atoms with E-state index in [1.165, 1.54) is 38.4 Å². The molecule has 11 heteroatoms. The van der Waals surface area contributed by atoms with E-state index in [0.717, 1.165) is 0 Å². The van der Waals surface area contributed by atoms with E-state index in [1.54, 1.807) is 18.2 Å². The number of carbonyl (C=O) groups excluding carboxylic acids is 1. The second-order valence-electron chi connectivity index (χ2n) is 8.44. The summed E-state index contributed by atoms with van der Waals surface area (Å²) < 4.78 is 46.9. The van der Waals surface area contributed by atoms with E-state index in [9.17, 15) is 18.0 Å². The molecular formula is C24H22ClNO8S. The highest BCUT2D eigenvalue weighted by molar-refractivity contribution is 7.91. The highest BCUT2D eigenvalue weighted by Crippen LogP contribution is 2.46. The number of hydrogen-bond donors (Lipinski definition) is 0. The van der Waals surface area contributed by atoms with E-state index in [1.807, 2.05) is 0 Å². The van der Waals surface area contributed by atoms with Gasteiger partial charge in [-0.05, 0) is 42.3 Å². The lowest BCUT2D eigenvalue weighted by Gasteiger charge is -2.30. The van der Waals surface area contributed by atoms with Crippen LogP contribution in [-0.2, 0) is 9.84 Å². The lowest BCUT2D eigenvalue weighted by molar-refractivity contribution is 0.0662. The maximum atomic E-state index is 13.7. The van der Waals surface area contributed by atoms with Crippen molar-refractivity contribution >= 4 is 38.3 Å². The summed E-state index contributed by atoms with van der Waals surface area (Å²) in [6.45, 7) is 0. The van der Waals surface area contributed by atoms with Crippen LogP contribution in [0.2, 0.25) is 5.02 Å². The van der Waals surface area contributed by atoms with Crippen molar-refractivity contribution in [2.45, 2.75) is 18.5 Å². The van der Waals surface area contributed by atoms with Gasteiger partial charge in [-0.2, -0.15) is 0 Å². The van der Waals surface area contributed by atoms with E-state index in [0.29, 0.717) is 27.8 Å². The minimum Gasteiger partial charge on any atom is -0.493 e. The third-order valence-electron chi connectivity index (χ3n) is 6.47. The van der Waals surface area contributed by atoms with Gasteiger partial charge in [0, 0.05) is 11.1 Å². The molecule has 1 amide bonds. The third kappa shape index (κ3) is 3.71. The van der Waals surface area contributed by atoms with Crippen molar-refractivity contribution in [2.24, 2.45) is 0 Å². The third-order valence-corrected chi connectivity index (χ3v) is 8.46. The molecule has 0 spiro atoms. The van der Waals surface area contributed by atoms with Crippen LogP contribution in [0.4, 0.5) is 0 Å². The molecule has 3 heterocycles. The zero-order chi connectivity index (χ0) is 25.1. The van der Waals surface area contributed by atoms with Crippen LogP contribution in [0.5, 0.6) is 17.2 Å². The largest absolute Gasteiger partial charge is 0.493 e. The second kappa shape index (κ2) is 8.46. The molecule has 0 saturated carbocycles. The van der Waals surface area contributed by atoms with E-state index in [2.05, 4.69) is 0 Å². The minimum atomic E-state index is -3.33. The van der Waals surface area contributed by atoms with Gasteiger partial charge in [0.15, 0.2) is 26.8 Å². The number of nitrogens with zero attached hydrogens (tertiary/aromatic N) is 1. The quantitative estimate of drug-likeness (QED) is 0.505. The summed E-state index contributed by atoms with van der Waals surface area (Å²) in [6, 6.07) is 6.32. The first-order chi connectivity index (χ1) is 16.7. The van der Waals surface area contributed by atoms with Crippen LogP contribution in [0.25, 0.3) is 11.0 Å². The topological polar surface area (TPSA) is 112 Å². The molecule has 0 aliphatic carbocycles. The summed E-state index contributed by atoms with van der Waals surface area (Å²) in [5.41, 5.74) is 0.406. The van der Waals surface area contributed by atoms with E-state index < -0.39 is 33.3 Å². The molecule has 2 atom stereocenters. The molecule has 1 saturated heterocycles. The molecule has 35 heavy (non-hydrogen) atoms. The van der Waals surface area contributed by atoms with Crippen LogP contribution in [0.1, 0.15) is 34.1 Å². The number of halogens is 1. The Labute approximate surface area is 206 Å². The molecule has 0 N–H and O–H groups in total.